The summed E-state index contributed by atoms with van der Waals surface area (Å²) in [7, 11) is 3.57. The summed E-state index contributed by atoms with van der Waals surface area (Å²) in [6.07, 6.45) is 3.96. The lowest BCUT2D eigenvalue weighted by atomic mass is 10.2. The normalized spacial score (nSPS) is 10.9. The van der Waals surface area contributed by atoms with Gasteiger partial charge in [0.15, 0.2) is 0 Å². The molecular formula is C23H34N4O3S. The van der Waals surface area contributed by atoms with E-state index in [0.717, 1.165) is 10.6 Å². The highest BCUT2D eigenvalue weighted by Crippen LogP contribution is 2.18. The molecule has 0 saturated carbocycles. The number of nitrogens with one attached hydrogen (secondary N) is 1. The van der Waals surface area contributed by atoms with E-state index >= 15 is 0 Å². The molecule has 0 saturated heterocycles. The number of hydrogen-bond donors (Lipinski definition) is 1. The highest BCUT2D eigenvalue weighted by Gasteiger charge is 2.23. The fourth-order valence-electron chi connectivity index (χ4n) is 3.15. The van der Waals surface area contributed by atoms with Crippen LogP contribution in [0.4, 0.5) is 10.5 Å². The number of methoxy groups -OCH3 is 1. The van der Waals surface area contributed by atoms with Gasteiger partial charge in [-0.05, 0) is 48.6 Å². The van der Waals surface area contributed by atoms with Gasteiger partial charge < -0.3 is 24.4 Å². The van der Waals surface area contributed by atoms with Gasteiger partial charge in [-0.25, -0.2) is 4.79 Å². The van der Waals surface area contributed by atoms with Crippen molar-refractivity contribution in [2.24, 2.45) is 13.0 Å². The summed E-state index contributed by atoms with van der Waals surface area (Å²) in [5.74, 6) is 0.129. The Labute approximate surface area is 189 Å². The van der Waals surface area contributed by atoms with Gasteiger partial charge in [-0.1, -0.05) is 13.8 Å². The zero-order valence-electron chi connectivity index (χ0n) is 19.1. The number of anilines is 1. The zero-order valence-corrected chi connectivity index (χ0v) is 19.9. The van der Waals surface area contributed by atoms with Gasteiger partial charge in [-0.2, -0.15) is 0 Å². The molecule has 3 amide bonds. The summed E-state index contributed by atoms with van der Waals surface area (Å²) in [6, 6.07) is 11.3. The number of urea groups is 1. The van der Waals surface area contributed by atoms with Gasteiger partial charge in [-0.15, -0.1) is 11.8 Å². The van der Waals surface area contributed by atoms with Crippen LogP contribution in [0.2, 0.25) is 0 Å². The molecule has 0 bridgehead atoms. The molecule has 2 aromatic rings. The number of carbonyl (C=O) groups is 2. The van der Waals surface area contributed by atoms with Crippen LogP contribution in [0.3, 0.4) is 0 Å². The first-order valence-electron chi connectivity index (χ1n) is 10.4. The van der Waals surface area contributed by atoms with Crippen LogP contribution in [0.5, 0.6) is 0 Å². The SMILES string of the molecule is COCCN(Cc1cccn1C)C(=O)CN(CC(C)C)C(=O)Nc1ccc(SC)cc1. The van der Waals surface area contributed by atoms with Crippen molar-refractivity contribution in [3.63, 3.8) is 0 Å². The number of carbonyl (C=O) groups excluding carboxylic acids is 2. The Hall–Kier alpha value is -2.45. The average Bonchev–Trinajstić information content (AvgIpc) is 3.15. The second-order valence-electron chi connectivity index (χ2n) is 7.85. The maximum atomic E-state index is 13.2. The van der Waals surface area contributed by atoms with E-state index < -0.39 is 0 Å². The monoisotopic (exact) mass is 446 g/mol. The van der Waals surface area contributed by atoms with E-state index in [1.807, 2.05) is 74.3 Å². The van der Waals surface area contributed by atoms with Crippen molar-refractivity contribution in [1.29, 1.82) is 0 Å². The summed E-state index contributed by atoms with van der Waals surface area (Å²) in [5.41, 5.74) is 1.74. The summed E-state index contributed by atoms with van der Waals surface area (Å²) in [5, 5.41) is 2.92. The molecule has 1 N–H and O–H groups in total. The summed E-state index contributed by atoms with van der Waals surface area (Å²) in [6.45, 7) is 5.94. The highest BCUT2D eigenvalue weighted by molar-refractivity contribution is 7.98. The van der Waals surface area contributed by atoms with Crippen LogP contribution < -0.4 is 5.32 Å². The minimum atomic E-state index is -0.274. The maximum Gasteiger partial charge on any atom is 0.322 e. The quantitative estimate of drug-likeness (QED) is 0.532. The summed E-state index contributed by atoms with van der Waals surface area (Å²) in [4.78, 5) is 30.6. The molecule has 8 heteroatoms. The number of aromatic nitrogens is 1. The molecule has 31 heavy (non-hydrogen) atoms. The Balaban J connectivity index is 2.10. The summed E-state index contributed by atoms with van der Waals surface area (Å²) >= 11 is 1.65. The van der Waals surface area contributed by atoms with Crippen LogP contribution in [0.15, 0.2) is 47.5 Å². The van der Waals surface area contributed by atoms with Crippen molar-refractivity contribution in [1.82, 2.24) is 14.4 Å². The van der Waals surface area contributed by atoms with Crippen molar-refractivity contribution in [2.75, 3.05) is 44.9 Å². The minimum Gasteiger partial charge on any atom is -0.383 e. The topological polar surface area (TPSA) is 66.8 Å². The van der Waals surface area contributed by atoms with Crippen molar-refractivity contribution in [3.8, 4) is 0 Å². The van der Waals surface area contributed by atoms with Crippen LogP contribution in [-0.4, -0.2) is 65.9 Å². The van der Waals surface area contributed by atoms with Gasteiger partial charge in [0.05, 0.1) is 13.2 Å². The number of aryl methyl sites for hydroxylation is 1. The van der Waals surface area contributed by atoms with Gasteiger partial charge in [0.2, 0.25) is 5.91 Å². The number of ether oxygens (including phenoxy) is 1. The average molecular weight is 447 g/mol. The van der Waals surface area contributed by atoms with E-state index in [-0.39, 0.29) is 24.4 Å². The highest BCUT2D eigenvalue weighted by atomic mass is 32.2. The third-order valence-electron chi connectivity index (χ3n) is 4.86. The van der Waals surface area contributed by atoms with Crippen molar-refractivity contribution in [3.05, 3.63) is 48.3 Å². The van der Waals surface area contributed by atoms with Crippen LogP contribution in [0.25, 0.3) is 0 Å². The maximum absolute atomic E-state index is 13.2. The number of rotatable bonds is 11. The summed E-state index contributed by atoms with van der Waals surface area (Å²) < 4.78 is 7.18. The standard InChI is InChI=1S/C23H34N4O3S/c1-18(2)15-27(23(29)24-19-8-10-21(31-5)11-9-19)17-22(28)26(13-14-30-4)16-20-7-6-12-25(20)3/h6-12,18H,13-17H2,1-5H3,(H,24,29). The van der Waals surface area contributed by atoms with E-state index in [4.69, 9.17) is 4.74 Å². The third-order valence-corrected chi connectivity index (χ3v) is 5.61. The largest absolute Gasteiger partial charge is 0.383 e. The first-order valence-corrected chi connectivity index (χ1v) is 11.6. The van der Waals surface area contributed by atoms with E-state index in [9.17, 15) is 9.59 Å². The molecule has 1 aromatic carbocycles. The van der Waals surface area contributed by atoms with Crippen LogP contribution in [0, 0.1) is 5.92 Å². The lowest BCUT2D eigenvalue weighted by molar-refractivity contribution is -0.133. The molecule has 1 aromatic heterocycles. The van der Waals surface area contributed by atoms with Gasteiger partial charge >= 0.3 is 6.03 Å². The number of thioether (sulfide) groups is 1. The van der Waals surface area contributed by atoms with Crippen molar-refractivity contribution in [2.45, 2.75) is 25.3 Å². The van der Waals surface area contributed by atoms with E-state index in [1.54, 1.807) is 28.7 Å². The molecule has 0 atom stereocenters. The lowest BCUT2D eigenvalue weighted by Gasteiger charge is -2.29. The first-order chi connectivity index (χ1) is 14.8. The molecule has 2 rings (SSSR count). The van der Waals surface area contributed by atoms with E-state index in [1.165, 1.54) is 0 Å². The van der Waals surface area contributed by atoms with Gasteiger partial charge in [-0.3, -0.25) is 4.79 Å². The number of nitrogens with zero attached hydrogens (tertiary/aromatic N) is 3. The molecule has 0 aliphatic rings. The predicted molar refractivity (Wildman–Crippen MR) is 126 cm³/mol. The molecule has 0 unspecified atom stereocenters. The van der Waals surface area contributed by atoms with Crippen LogP contribution >= 0.6 is 11.8 Å². The smallest absolute Gasteiger partial charge is 0.322 e. The fourth-order valence-corrected chi connectivity index (χ4v) is 3.56. The van der Waals surface area contributed by atoms with Crippen LogP contribution in [0.1, 0.15) is 19.5 Å². The predicted octanol–water partition coefficient (Wildman–Crippen LogP) is 3.91. The van der Waals surface area contributed by atoms with Crippen molar-refractivity contribution >= 4 is 29.4 Å². The third kappa shape index (κ3) is 7.95. The minimum absolute atomic E-state index is 0.0149. The van der Waals surface area contributed by atoms with Gasteiger partial charge in [0.25, 0.3) is 0 Å². The lowest BCUT2D eigenvalue weighted by Crippen LogP contribution is -2.46. The molecule has 0 fully saturated rings. The number of hydrogen-bond acceptors (Lipinski definition) is 4. The Morgan fingerprint density at radius 2 is 1.87 bits per heavy atom. The molecule has 0 radical (unpaired) electrons. The number of benzene rings is 1. The first kappa shape index (κ1) is 24.8. The molecule has 170 valence electrons. The Morgan fingerprint density at radius 1 is 1.16 bits per heavy atom. The second kappa shape index (κ2) is 12.4. The molecular weight excluding hydrogens is 412 g/mol. The Kier molecular flexibility index (Phi) is 9.94. The van der Waals surface area contributed by atoms with Gasteiger partial charge in [0.1, 0.15) is 6.54 Å². The molecule has 0 aliphatic heterocycles. The van der Waals surface area contributed by atoms with E-state index in [2.05, 4.69) is 5.32 Å². The molecule has 7 nitrogen and oxygen atoms in total. The zero-order chi connectivity index (χ0) is 22.8. The van der Waals surface area contributed by atoms with Gasteiger partial charge in [0, 0.05) is 49.7 Å². The Morgan fingerprint density at radius 3 is 2.42 bits per heavy atom. The molecule has 0 aliphatic carbocycles. The van der Waals surface area contributed by atoms with Crippen molar-refractivity contribution < 1.29 is 14.3 Å². The second-order valence-corrected chi connectivity index (χ2v) is 8.73. The fraction of sp³-hybridized carbons (Fsp3) is 0.478. The number of amides is 3. The molecule has 1 heterocycles. The van der Waals surface area contributed by atoms with Crippen LogP contribution in [-0.2, 0) is 23.1 Å². The Bertz CT molecular complexity index is 836. The van der Waals surface area contributed by atoms with E-state index in [0.29, 0.717) is 31.9 Å². The molecule has 0 spiro atoms.